The zero-order valence-corrected chi connectivity index (χ0v) is 15.2. The summed E-state index contributed by atoms with van der Waals surface area (Å²) >= 11 is 0. The van der Waals surface area contributed by atoms with Crippen LogP contribution in [0, 0.1) is 0 Å². The van der Waals surface area contributed by atoms with Crippen molar-refractivity contribution in [3.8, 4) is 0 Å². The molecule has 2 rings (SSSR count). The third-order valence-corrected chi connectivity index (χ3v) is 5.50. The number of carbonyl (C=O) groups excluding carboxylic acids is 1. The van der Waals surface area contributed by atoms with E-state index in [1.54, 1.807) is 22.2 Å². The summed E-state index contributed by atoms with van der Waals surface area (Å²) in [7, 11) is -1.74. The first-order valence-electron chi connectivity index (χ1n) is 7.66. The first-order chi connectivity index (χ1) is 10.5. The fourth-order valence-corrected chi connectivity index (χ4v) is 4.08. The van der Waals surface area contributed by atoms with Gasteiger partial charge in [0, 0.05) is 45.1 Å². The van der Waals surface area contributed by atoms with Crippen molar-refractivity contribution in [2.45, 2.75) is 39.3 Å². The first kappa shape index (κ1) is 17.9. The van der Waals surface area contributed by atoms with E-state index >= 15 is 0 Å². The molecule has 2 aliphatic rings. The predicted molar refractivity (Wildman–Crippen MR) is 86.5 cm³/mol. The van der Waals surface area contributed by atoms with E-state index in [9.17, 15) is 13.2 Å². The minimum Gasteiger partial charge on any atom is -0.444 e. The molecule has 1 atom stereocenters. The molecule has 0 spiro atoms. The van der Waals surface area contributed by atoms with E-state index < -0.39 is 21.9 Å². The van der Waals surface area contributed by atoms with Gasteiger partial charge in [0.2, 0.25) is 0 Å². The molecular formula is C14H26N4O4S. The van der Waals surface area contributed by atoms with Crippen LogP contribution < -0.4 is 0 Å². The summed E-state index contributed by atoms with van der Waals surface area (Å²) in [5.41, 5.74) is -0.565. The van der Waals surface area contributed by atoms with Crippen LogP contribution in [0.5, 0.6) is 0 Å². The Morgan fingerprint density at radius 2 is 1.87 bits per heavy atom. The molecule has 8 nitrogen and oxygen atoms in total. The maximum absolute atomic E-state index is 12.6. The number of amides is 1. The summed E-state index contributed by atoms with van der Waals surface area (Å²) in [5, 5.41) is 0. The zero-order valence-electron chi connectivity index (χ0n) is 14.4. The van der Waals surface area contributed by atoms with Crippen LogP contribution in [0.25, 0.3) is 0 Å². The van der Waals surface area contributed by atoms with Crippen LogP contribution in [-0.2, 0) is 14.9 Å². The second-order valence-corrected chi connectivity index (χ2v) is 8.85. The van der Waals surface area contributed by atoms with Crippen LogP contribution in [0.4, 0.5) is 4.79 Å². The average Bonchev–Trinajstić information content (AvgIpc) is 2.83. The fourth-order valence-electron chi connectivity index (χ4n) is 2.53. The highest BCUT2D eigenvalue weighted by atomic mass is 32.2. The van der Waals surface area contributed by atoms with Gasteiger partial charge in [-0.25, -0.2) is 9.10 Å². The van der Waals surface area contributed by atoms with Crippen LogP contribution in [0.15, 0.2) is 12.4 Å². The molecule has 0 saturated carbocycles. The number of rotatable bonds is 2. The number of nitrogens with zero attached hydrogens (tertiary/aromatic N) is 4. The average molecular weight is 346 g/mol. The van der Waals surface area contributed by atoms with E-state index in [0.29, 0.717) is 13.2 Å². The lowest BCUT2D eigenvalue weighted by Gasteiger charge is -2.40. The number of ether oxygens (including phenoxy) is 1. The molecule has 1 saturated heterocycles. The summed E-state index contributed by atoms with van der Waals surface area (Å²) in [6, 6.07) is -0.238. The summed E-state index contributed by atoms with van der Waals surface area (Å²) in [5.74, 6) is 0. The van der Waals surface area contributed by atoms with Crippen LogP contribution in [-0.4, -0.2) is 77.9 Å². The normalized spacial score (nSPS) is 23.5. The van der Waals surface area contributed by atoms with E-state index in [-0.39, 0.29) is 19.1 Å². The van der Waals surface area contributed by atoms with Gasteiger partial charge in [0.25, 0.3) is 0 Å². The van der Waals surface area contributed by atoms with Gasteiger partial charge in [-0.15, -0.1) is 0 Å². The molecule has 2 aliphatic heterocycles. The molecule has 1 fully saturated rings. The van der Waals surface area contributed by atoms with Crippen molar-refractivity contribution in [3.05, 3.63) is 12.4 Å². The van der Waals surface area contributed by atoms with E-state index in [0.717, 1.165) is 0 Å². The van der Waals surface area contributed by atoms with E-state index in [1.807, 2.05) is 34.7 Å². The van der Waals surface area contributed by atoms with Crippen LogP contribution in [0.3, 0.4) is 0 Å². The van der Waals surface area contributed by atoms with Crippen molar-refractivity contribution in [1.29, 1.82) is 0 Å². The third kappa shape index (κ3) is 4.08. The molecule has 23 heavy (non-hydrogen) atoms. The lowest BCUT2D eigenvalue weighted by Crippen LogP contribution is -2.58. The monoisotopic (exact) mass is 346 g/mol. The molecule has 0 N–H and O–H groups in total. The van der Waals surface area contributed by atoms with Gasteiger partial charge in [0.15, 0.2) is 0 Å². The molecule has 0 bridgehead atoms. The zero-order chi connectivity index (χ0) is 17.4. The summed E-state index contributed by atoms with van der Waals surface area (Å²) in [6.07, 6.45) is 2.88. The lowest BCUT2D eigenvalue weighted by atomic mass is 10.2. The van der Waals surface area contributed by atoms with Crippen molar-refractivity contribution in [2.24, 2.45) is 0 Å². The molecule has 0 aromatic rings. The molecule has 1 amide bonds. The van der Waals surface area contributed by atoms with E-state index in [1.165, 1.54) is 8.61 Å². The van der Waals surface area contributed by atoms with Gasteiger partial charge in [-0.05, 0) is 27.7 Å². The molecule has 0 radical (unpaired) electrons. The molecule has 9 heteroatoms. The molecule has 0 unspecified atom stereocenters. The van der Waals surface area contributed by atoms with Crippen molar-refractivity contribution in [1.82, 2.24) is 18.4 Å². The molecule has 132 valence electrons. The maximum Gasteiger partial charge on any atom is 0.410 e. The van der Waals surface area contributed by atoms with Crippen molar-refractivity contribution < 1.29 is 17.9 Å². The number of hydrogen-bond acceptors (Lipinski definition) is 5. The van der Waals surface area contributed by atoms with Crippen LogP contribution in [0.1, 0.15) is 27.7 Å². The topological polar surface area (TPSA) is 73.4 Å². The van der Waals surface area contributed by atoms with Crippen molar-refractivity contribution in [2.75, 3.05) is 33.4 Å². The Labute approximate surface area is 138 Å². The molecule has 0 aromatic carbocycles. The van der Waals surface area contributed by atoms with Crippen LogP contribution >= 0.6 is 0 Å². The molecule has 2 heterocycles. The predicted octanol–water partition coefficient (Wildman–Crippen LogP) is 0.849. The third-order valence-electron chi connectivity index (χ3n) is 3.69. The lowest BCUT2D eigenvalue weighted by molar-refractivity contribution is 0.00825. The quantitative estimate of drug-likeness (QED) is 0.741. The Hall–Kier alpha value is -1.48. The van der Waals surface area contributed by atoms with Crippen molar-refractivity contribution in [3.63, 3.8) is 0 Å². The second-order valence-electron chi connectivity index (χ2n) is 6.97. The first-order valence-corrected chi connectivity index (χ1v) is 9.05. The highest BCUT2D eigenvalue weighted by molar-refractivity contribution is 7.86. The van der Waals surface area contributed by atoms with E-state index in [2.05, 4.69) is 0 Å². The molecular weight excluding hydrogens is 320 g/mol. The van der Waals surface area contributed by atoms with Crippen molar-refractivity contribution >= 4 is 16.3 Å². The Morgan fingerprint density at radius 1 is 1.22 bits per heavy atom. The summed E-state index contributed by atoms with van der Waals surface area (Å²) in [4.78, 5) is 15.6. The second kappa shape index (κ2) is 6.20. The van der Waals surface area contributed by atoms with Gasteiger partial charge in [-0.3, -0.25) is 0 Å². The number of carbonyl (C=O) groups is 1. The minimum absolute atomic E-state index is 0.238. The largest absolute Gasteiger partial charge is 0.444 e. The smallest absolute Gasteiger partial charge is 0.410 e. The standard InChI is InChI=1S/C14H26N4O4S/c1-12-10-16(23(20,21)17-7-6-15(5)11-17)8-9-18(12)13(19)22-14(2,3)4/h6-7,12H,8-11H2,1-5H3/t12-/m0/s1. The highest BCUT2D eigenvalue weighted by Crippen LogP contribution is 2.21. The summed E-state index contributed by atoms with van der Waals surface area (Å²) < 4.78 is 33.3. The Kier molecular flexibility index (Phi) is 4.81. The Balaban J connectivity index is 2.01. The Bertz CT molecular complexity index is 584. The fraction of sp³-hybridized carbons (Fsp3) is 0.786. The van der Waals surface area contributed by atoms with Crippen LogP contribution in [0.2, 0.25) is 0 Å². The van der Waals surface area contributed by atoms with E-state index in [4.69, 9.17) is 4.74 Å². The highest BCUT2D eigenvalue weighted by Gasteiger charge is 2.38. The van der Waals surface area contributed by atoms with Gasteiger partial charge in [-0.2, -0.15) is 12.7 Å². The Morgan fingerprint density at radius 3 is 2.35 bits per heavy atom. The number of piperazine rings is 1. The van der Waals surface area contributed by atoms with Gasteiger partial charge in [0.1, 0.15) is 12.3 Å². The minimum atomic E-state index is -3.55. The molecule has 0 aliphatic carbocycles. The number of hydrogen-bond donors (Lipinski definition) is 0. The maximum atomic E-state index is 12.6. The SMILES string of the molecule is C[C@H]1CN(S(=O)(=O)N2C=CN(C)C2)CCN1C(=O)OC(C)(C)C. The van der Waals surface area contributed by atoms with Gasteiger partial charge in [-0.1, -0.05) is 0 Å². The van der Waals surface area contributed by atoms with Gasteiger partial charge < -0.3 is 14.5 Å². The van der Waals surface area contributed by atoms with Gasteiger partial charge in [0.05, 0.1) is 0 Å². The summed E-state index contributed by atoms with van der Waals surface area (Å²) in [6.45, 7) is 8.42. The molecule has 0 aromatic heterocycles. The van der Waals surface area contributed by atoms with Gasteiger partial charge >= 0.3 is 16.3 Å².